The van der Waals surface area contributed by atoms with Gasteiger partial charge in [0.05, 0.1) is 33.6 Å². The van der Waals surface area contributed by atoms with E-state index < -0.39 is 15.9 Å². The maximum atomic E-state index is 13.3. The van der Waals surface area contributed by atoms with Gasteiger partial charge in [-0.3, -0.25) is 9.59 Å². The van der Waals surface area contributed by atoms with Crippen LogP contribution in [0.1, 0.15) is 28.4 Å². The summed E-state index contributed by atoms with van der Waals surface area (Å²) in [7, 11) is 0.481. The highest BCUT2D eigenvalue weighted by Gasteiger charge is 2.42. The normalized spacial score (nSPS) is 14.5. The largest absolute Gasteiger partial charge is 0.497 e. The highest BCUT2D eigenvalue weighted by atomic mass is 32.2. The van der Waals surface area contributed by atoms with Crippen LogP contribution in [0.4, 0.5) is 5.69 Å². The first-order chi connectivity index (χ1) is 17.7. The van der Waals surface area contributed by atoms with Crippen molar-refractivity contribution in [1.29, 1.82) is 0 Å². The van der Waals surface area contributed by atoms with E-state index in [1.165, 1.54) is 28.3 Å². The number of nitrogens with zero attached hydrogens (tertiary/aromatic N) is 1. The molecule has 0 spiro atoms. The Bertz CT molecular complexity index is 1480. The fourth-order valence-corrected chi connectivity index (χ4v) is 5.79. The predicted octanol–water partition coefficient (Wildman–Crippen LogP) is 4.07. The number of benzene rings is 3. The highest BCUT2D eigenvalue weighted by molar-refractivity contribution is 7.99. The van der Waals surface area contributed by atoms with Crippen molar-refractivity contribution in [2.45, 2.75) is 13.5 Å². The summed E-state index contributed by atoms with van der Waals surface area (Å²) in [5.74, 6) is 0.650. The van der Waals surface area contributed by atoms with Gasteiger partial charge >= 0.3 is 0 Å². The Kier molecular flexibility index (Phi) is 7.21. The Morgan fingerprint density at radius 3 is 2.08 bits per heavy atom. The van der Waals surface area contributed by atoms with Crippen molar-refractivity contribution in [1.82, 2.24) is 4.31 Å². The van der Waals surface area contributed by atoms with E-state index >= 15 is 0 Å². The van der Waals surface area contributed by atoms with Gasteiger partial charge in [-0.15, -0.1) is 0 Å². The summed E-state index contributed by atoms with van der Waals surface area (Å²) in [5.41, 5.74) is 1.94. The maximum absolute atomic E-state index is 13.3. The van der Waals surface area contributed by atoms with Crippen molar-refractivity contribution in [3.63, 3.8) is 0 Å². The minimum Gasteiger partial charge on any atom is -0.497 e. The third kappa shape index (κ3) is 5.01. The molecule has 0 aromatic heterocycles. The van der Waals surface area contributed by atoms with E-state index in [-0.39, 0.29) is 22.9 Å². The molecule has 3 aromatic rings. The molecule has 10 heteroatoms. The van der Waals surface area contributed by atoms with E-state index in [0.717, 1.165) is 4.31 Å². The van der Waals surface area contributed by atoms with E-state index in [2.05, 4.69) is 5.32 Å². The molecule has 192 valence electrons. The van der Waals surface area contributed by atoms with Crippen LogP contribution in [-0.4, -0.2) is 45.9 Å². The molecular formula is C27H26N2O7S. The lowest BCUT2D eigenvalue weighted by Gasteiger charge is -2.17. The molecular weight excluding hydrogens is 496 g/mol. The lowest BCUT2D eigenvalue weighted by atomic mass is 10.1. The average Bonchev–Trinajstić information content (AvgIpc) is 3.08. The van der Waals surface area contributed by atoms with Crippen LogP contribution in [0.3, 0.4) is 0 Å². The quantitative estimate of drug-likeness (QED) is 0.475. The van der Waals surface area contributed by atoms with Crippen LogP contribution in [0.2, 0.25) is 0 Å². The molecule has 2 amide bonds. The molecule has 1 aliphatic heterocycles. The lowest BCUT2D eigenvalue weighted by molar-refractivity contribution is -0.122. The van der Waals surface area contributed by atoms with E-state index in [4.69, 9.17) is 14.2 Å². The minimum absolute atomic E-state index is 0.0235. The summed E-state index contributed by atoms with van der Waals surface area (Å²) in [6, 6.07) is 17.9. The first kappa shape index (κ1) is 25.8. The van der Waals surface area contributed by atoms with Gasteiger partial charge in [0.1, 0.15) is 22.2 Å². The monoisotopic (exact) mass is 522 g/mol. The van der Waals surface area contributed by atoms with Crippen molar-refractivity contribution in [3.8, 4) is 17.2 Å². The third-order valence-corrected chi connectivity index (χ3v) is 7.92. The summed E-state index contributed by atoms with van der Waals surface area (Å²) in [5, 5.41) is 2.78. The Balaban J connectivity index is 1.50. The average molecular weight is 523 g/mol. The van der Waals surface area contributed by atoms with E-state index in [9.17, 15) is 18.0 Å². The van der Waals surface area contributed by atoms with Crippen molar-refractivity contribution in [2.24, 2.45) is 0 Å². The fourth-order valence-electron chi connectivity index (χ4n) is 3.99. The highest BCUT2D eigenvalue weighted by Crippen LogP contribution is 2.37. The molecule has 3 aromatic carbocycles. The van der Waals surface area contributed by atoms with Crippen molar-refractivity contribution >= 4 is 32.4 Å². The van der Waals surface area contributed by atoms with Gasteiger partial charge in [-0.2, -0.15) is 0 Å². The molecule has 1 aliphatic rings. The molecule has 0 unspecified atom stereocenters. The summed E-state index contributed by atoms with van der Waals surface area (Å²) in [4.78, 5) is 25.6. The second kappa shape index (κ2) is 10.4. The van der Waals surface area contributed by atoms with Gasteiger partial charge in [-0.25, -0.2) is 12.7 Å². The Labute approximate surface area is 215 Å². The number of nitrogens with one attached hydrogen (secondary N) is 1. The maximum Gasteiger partial charge on any atom is 0.268 e. The molecule has 0 bridgehead atoms. The van der Waals surface area contributed by atoms with Crippen LogP contribution in [0.15, 0.2) is 72.3 Å². The number of hydrogen-bond donors (Lipinski definition) is 1. The molecule has 0 fully saturated rings. The predicted molar refractivity (Wildman–Crippen MR) is 139 cm³/mol. The number of rotatable bonds is 8. The second-order valence-corrected chi connectivity index (χ2v) is 10.0. The molecule has 0 radical (unpaired) electrons. The van der Waals surface area contributed by atoms with Crippen LogP contribution in [-0.2, 0) is 21.4 Å². The van der Waals surface area contributed by atoms with Crippen LogP contribution < -0.4 is 19.5 Å². The van der Waals surface area contributed by atoms with Gasteiger partial charge in [0, 0.05) is 17.2 Å². The molecule has 0 aliphatic carbocycles. The molecule has 1 N–H and O–H groups in total. The molecule has 0 saturated heterocycles. The van der Waals surface area contributed by atoms with Gasteiger partial charge in [-0.05, 0) is 66.6 Å². The number of sulfonamides is 1. The minimum atomic E-state index is -4.06. The number of carbonyl (C=O) groups is 2. The number of ether oxygens (including phenoxy) is 3. The van der Waals surface area contributed by atoms with Crippen LogP contribution >= 0.6 is 0 Å². The Morgan fingerprint density at radius 1 is 0.865 bits per heavy atom. The lowest BCUT2D eigenvalue weighted by Crippen LogP contribution is -2.30. The molecule has 4 rings (SSSR count). The van der Waals surface area contributed by atoms with E-state index in [0.29, 0.717) is 39.6 Å². The molecule has 0 atom stereocenters. The molecule has 1 heterocycles. The topological polar surface area (TPSA) is 111 Å². The zero-order valence-corrected chi connectivity index (χ0v) is 21.6. The van der Waals surface area contributed by atoms with Crippen molar-refractivity contribution in [3.05, 3.63) is 89.0 Å². The fraction of sp³-hybridized carbons (Fsp3) is 0.185. The Morgan fingerprint density at radius 2 is 1.49 bits per heavy atom. The zero-order valence-electron chi connectivity index (χ0n) is 20.8. The van der Waals surface area contributed by atoms with Gasteiger partial charge in [0.25, 0.3) is 21.8 Å². The smallest absolute Gasteiger partial charge is 0.268 e. The van der Waals surface area contributed by atoms with Crippen LogP contribution in [0.25, 0.3) is 4.91 Å². The first-order valence-electron chi connectivity index (χ1n) is 11.2. The number of hydrogen-bond acceptors (Lipinski definition) is 7. The van der Waals surface area contributed by atoms with Crippen LogP contribution in [0.5, 0.6) is 17.2 Å². The van der Waals surface area contributed by atoms with Gasteiger partial charge in [0.2, 0.25) is 0 Å². The summed E-state index contributed by atoms with van der Waals surface area (Å²) in [6.45, 7) is 1.34. The van der Waals surface area contributed by atoms with Crippen LogP contribution in [0, 0.1) is 0 Å². The van der Waals surface area contributed by atoms with Gasteiger partial charge in [-0.1, -0.05) is 12.1 Å². The van der Waals surface area contributed by atoms with Gasteiger partial charge in [0.15, 0.2) is 0 Å². The molecule has 0 saturated carbocycles. The number of methoxy groups -OCH3 is 3. The van der Waals surface area contributed by atoms with Gasteiger partial charge < -0.3 is 19.5 Å². The number of amides is 2. The Hall–Kier alpha value is -4.31. The third-order valence-electron chi connectivity index (χ3n) is 5.99. The standard InChI is InChI=1S/C27H26N2O7S/c1-17-25(19-9-11-21(34-2)12-10-19)37(32,33)29(27(17)31)16-18-5-7-20(8-6-18)26(30)28-23-14-13-22(35-3)15-24(23)36-4/h5-15H,16H2,1-4H3,(H,28,30). The first-order valence-corrected chi connectivity index (χ1v) is 12.7. The zero-order chi connectivity index (χ0) is 26.7. The molecule has 9 nitrogen and oxygen atoms in total. The second-order valence-electron chi connectivity index (χ2n) is 8.22. The van der Waals surface area contributed by atoms with E-state index in [1.54, 1.807) is 66.7 Å². The van der Waals surface area contributed by atoms with E-state index in [1.807, 2.05) is 0 Å². The number of anilines is 1. The number of carbonyl (C=O) groups excluding carboxylic acids is 2. The molecule has 37 heavy (non-hydrogen) atoms. The summed E-state index contributed by atoms with van der Waals surface area (Å²) in [6.07, 6.45) is 0. The SMILES string of the molecule is COc1ccc(C2=C(C)C(=O)N(Cc3ccc(C(=O)Nc4ccc(OC)cc4OC)cc3)S2(=O)=O)cc1. The van der Waals surface area contributed by atoms with Crippen molar-refractivity contribution in [2.75, 3.05) is 26.6 Å². The summed E-state index contributed by atoms with van der Waals surface area (Å²) < 4.78 is 43.0. The van der Waals surface area contributed by atoms with Crippen molar-refractivity contribution < 1.29 is 32.2 Å². The summed E-state index contributed by atoms with van der Waals surface area (Å²) >= 11 is 0.